The maximum absolute atomic E-state index is 12.6. The maximum atomic E-state index is 12.6. The van der Waals surface area contributed by atoms with Gasteiger partial charge in [-0.15, -0.1) is 0 Å². The first-order chi connectivity index (χ1) is 18.0. The summed E-state index contributed by atoms with van der Waals surface area (Å²) in [6, 6.07) is 0. The van der Waals surface area contributed by atoms with Crippen LogP contribution >= 0.6 is 0 Å². The average molecular weight is 530 g/mol. The average Bonchev–Trinajstić information content (AvgIpc) is 3.25. The van der Waals surface area contributed by atoms with Crippen molar-refractivity contribution in [3.63, 3.8) is 0 Å². The van der Waals surface area contributed by atoms with Gasteiger partial charge in [-0.2, -0.15) is 0 Å². The molecule has 0 aromatic rings. The fourth-order valence-corrected chi connectivity index (χ4v) is 9.93. The fraction of sp³-hybridized carbons (Fsp3) is 0.909. The van der Waals surface area contributed by atoms with Gasteiger partial charge in [-0.05, 0) is 105 Å². The second kappa shape index (κ2) is 11.2. The van der Waals surface area contributed by atoms with Crippen molar-refractivity contribution in [2.24, 2.45) is 40.4 Å². The highest BCUT2D eigenvalue weighted by Crippen LogP contribution is 2.67. The molecule has 5 heteroatoms. The second-order valence-electron chi connectivity index (χ2n) is 14.7. The summed E-state index contributed by atoms with van der Waals surface area (Å²) in [5.41, 5.74) is 1.60. The Morgan fingerprint density at radius 3 is 2.66 bits per heavy atom. The van der Waals surface area contributed by atoms with Gasteiger partial charge in [0.05, 0.1) is 24.9 Å². The van der Waals surface area contributed by atoms with Crippen LogP contribution in [0.4, 0.5) is 0 Å². The fourth-order valence-electron chi connectivity index (χ4n) is 9.93. The molecule has 4 fully saturated rings. The number of amides is 1. The van der Waals surface area contributed by atoms with E-state index >= 15 is 0 Å². The summed E-state index contributed by atoms with van der Waals surface area (Å²) >= 11 is 0. The Balaban J connectivity index is 1.22. The normalized spacial score (nSPS) is 40.7. The molecule has 1 N–H and O–H groups in total. The number of ether oxygens (including phenoxy) is 2. The SMILES string of the molecule is CC(C)CCC[C@](C)(O)[C@H]1CC[C@H]2[C@@H]3CC=C4C[C@@H](OCC(=O)N5CCOCC5)CC[C@]4(C)[C@H]3CC[C@@]21C. The van der Waals surface area contributed by atoms with Crippen molar-refractivity contribution in [2.45, 2.75) is 117 Å². The van der Waals surface area contributed by atoms with Gasteiger partial charge in [0.2, 0.25) is 5.91 Å². The molecule has 0 aromatic carbocycles. The molecule has 0 aromatic heterocycles. The minimum Gasteiger partial charge on any atom is -0.390 e. The molecular formula is C33H55NO4. The molecular weight excluding hydrogens is 474 g/mol. The van der Waals surface area contributed by atoms with Crippen molar-refractivity contribution in [2.75, 3.05) is 32.9 Å². The van der Waals surface area contributed by atoms with Gasteiger partial charge in [0.15, 0.2) is 0 Å². The molecule has 5 aliphatic rings. The van der Waals surface area contributed by atoms with E-state index < -0.39 is 5.60 Å². The number of fused-ring (bicyclic) bond motifs is 5. The van der Waals surface area contributed by atoms with Crippen LogP contribution in [0.5, 0.6) is 0 Å². The molecule has 216 valence electrons. The molecule has 1 saturated heterocycles. The highest BCUT2D eigenvalue weighted by atomic mass is 16.5. The Kier molecular flexibility index (Phi) is 8.41. The lowest BCUT2D eigenvalue weighted by Crippen LogP contribution is -2.53. The lowest BCUT2D eigenvalue weighted by atomic mass is 9.46. The van der Waals surface area contributed by atoms with Crippen molar-refractivity contribution >= 4 is 5.91 Å². The van der Waals surface area contributed by atoms with Gasteiger partial charge in [-0.3, -0.25) is 4.79 Å². The summed E-state index contributed by atoms with van der Waals surface area (Å²) < 4.78 is 11.6. The zero-order chi connectivity index (χ0) is 27.1. The second-order valence-corrected chi connectivity index (χ2v) is 14.7. The van der Waals surface area contributed by atoms with Crippen LogP contribution in [0.3, 0.4) is 0 Å². The van der Waals surface area contributed by atoms with Crippen molar-refractivity contribution in [3.05, 3.63) is 11.6 Å². The van der Waals surface area contributed by atoms with Gasteiger partial charge in [-0.1, -0.05) is 52.2 Å². The zero-order valence-corrected chi connectivity index (χ0v) is 25.0. The molecule has 0 spiro atoms. The molecule has 1 heterocycles. The van der Waals surface area contributed by atoms with Crippen molar-refractivity contribution in [1.82, 2.24) is 4.90 Å². The van der Waals surface area contributed by atoms with E-state index in [-0.39, 0.29) is 29.4 Å². The predicted octanol–water partition coefficient (Wildman–Crippen LogP) is 6.39. The number of carbonyl (C=O) groups excluding carboxylic acids is 1. The summed E-state index contributed by atoms with van der Waals surface area (Å²) in [7, 11) is 0. The molecule has 38 heavy (non-hydrogen) atoms. The van der Waals surface area contributed by atoms with Crippen molar-refractivity contribution in [1.29, 1.82) is 0 Å². The van der Waals surface area contributed by atoms with Gasteiger partial charge in [0.25, 0.3) is 0 Å². The standard InChI is InChI=1S/C33H55NO4/c1-23(2)7-6-14-33(5,36)29-11-10-27-26-9-8-24-21-25(38-22-30(35)34-17-19-37-20-18-34)12-15-31(24,3)28(26)13-16-32(27,29)4/h8,23,25-29,36H,6-7,9-22H2,1-5H3/t25-,26-,27-,28-,29-,31-,32-,33-/m0/s1. The summed E-state index contributed by atoms with van der Waals surface area (Å²) in [5.74, 6) is 3.49. The van der Waals surface area contributed by atoms with E-state index in [1.807, 2.05) is 4.90 Å². The Morgan fingerprint density at radius 2 is 1.92 bits per heavy atom. The summed E-state index contributed by atoms with van der Waals surface area (Å²) in [4.78, 5) is 14.5. The van der Waals surface area contributed by atoms with E-state index in [4.69, 9.17) is 9.47 Å². The minimum atomic E-state index is -0.543. The number of hydrogen-bond donors (Lipinski definition) is 1. The highest BCUT2D eigenvalue weighted by Gasteiger charge is 2.61. The van der Waals surface area contributed by atoms with Crippen LogP contribution < -0.4 is 0 Å². The Morgan fingerprint density at radius 1 is 1.16 bits per heavy atom. The number of nitrogens with zero attached hydrogens (tertiary/aromatic N) is 1. The molecule has 1 aliphatic heterocycles. The Labute approximate surface area is 232 Å². The van der Waals surface area contributed by atoms with E-state index in [1.54, 1.807) is 5.57 Å². The number of allylic oxidation sites excluding steroid dienone is 1. The monoisotopic (exact) mass is 529 g/mol. The molecule has 5 rings (SSSR count). The van der Waals surface area contributed by atoms with E-state index in [1.165, 1.54) is 44.9 Å². The Hall–Kier alpha value is -0.910. The maximum Gasteiger partial charge on any atom is 0.248 e. The van der Waals surface area contributed by atoms with Crippen LogP contribution in [0, 0.1) is 40.4 Å². The number of carbonyl (C=O) groups is 1. The summed E-state index contributed by atoms with van der Waals surface area (Å²) in [5, 5.41) is 11.7. The van der Waals surface area contributed by atoms with Crippen LogP contribution in [-0.2, 0) is 14.3 Å². The van der Waals surface area contributed by atoms with E-state index in [9.17, 15) is 9.90 Å². The predicted molar refractivity (Wildman–Crippen MR) is 152 cm³/mol. The van der Waals surface area contributed by atoms with E-state index in [0.29, 0.717) is 38.1 Å². The van der Waals surface area contributed by atoms with Crippen LogP contribution in [0.25, 0.3) is 0 Å². The van der Waals surface area contributed by atoms with Gasteiger partial charge >= 0.3 is 0 Å². The molecule has 5 nitrogen and oxygen atoms in total. The molecule has 1 amide bonds. The van der Waals surface area contributed by atoms with Gasteiger partial charge in [0, 0.05) is 13.1 Å². The minimum absolute atomic E-state index is 0.113. The zero-order valence-electron chi connectivity index (χ0n) is 25.0. The molecule has 3 saturated carbocycles. The molecule has 0 radical (unpaired) electrons. The third-order valence-corrected chi connectivity index (χ3v) is 12.1. The molecule has 0 unspecified atom stereocenters. The summed E-state index contributed by atoms with van der Waals surface area (Å²) in [6.45, 7) is 14.7. The third-order valence-electron chi connectivity index (χ3n) is 12.1. The smallest absolute Gasteiger partial charge is 0.248 e. The third kappa shape index (κ3) is 5.38. The van der Waals surface area contributed by atoms with E-state index in [2.05, 4.69) is 40.7 Å². The number of aliphatic hydroxyl groups is 1. The van der Waals surface area contributed by atoms with Gasteiger partial charge < -0.3 is 19.5 Å². The molecule has 8 atom stereocenters. The van der Waals surface area contributed by atoms with Crippen LogP contribution in [0.1, 0.15) is 105 Å². The Bertz CT molecular complexity index is 876. The van der Waals surface area contributed by atoms with E-state index in [0.717, 1.165) is 43.4 Å². The largest absolute Gasteiger partial charge is 0.390 e. The quantitative estimate of drug-likeness (QED) is 0.370. The summed E-state index contributed by atoms with van der Waals surface area (Å²) in [6.07, 6.45) is 15.5. The van der Waals surface area contributed by atoms with Crippen LogP contribution in [-0.4, -0.2) is 60.5 Å². The van der Waals surface area contributed by atoms with Gasteiger partial charge in [-0.25, -0.2) is 0 Å². The number of morpholine rings is 1. The molecule has 0 bridgehead atoms. The van der Waals surface area contributed by atoms with Crippen molar-refractivity contribution in [3.8, 4) is 0 Å². The topological polar surface area (TPSA) is 59.0 Å². The first kappa shape index (κ1) is 28.6. The van der Waals surface area contributed by atoms with Crippen LogP contribution in [0.15, 0.2) is 11.6 Å². The highest BCUT2D eigenvalue weighted by molar-refractivity contribution is 5.77. The lowest BCUT2D eigenvalue weighted by Gasteiger charge is -2.59. The number of rotatable bonds is 8. The number of hydrogen-bond acceptors (Lipinski definition) is 4. The first-order valence-corrected chi connectivity index (χ1v) is 15.9. The van der Waals surface area contributed by atoms with Crippen LogP contribution in [0.2, 0.25) is 0 Å². The first-order valence-electron chi connectivity index (χ1n) is 15.9. The molecule has 4 aliphatic carbocycles. The lowest BCUT2D eigenvalue weighted by molar-refractivity contribution is -0.143. The van der Waals surface area contributed by atoms with Crippen molar-refractivity contribution < 1.29 is 19.4 Å². The van der Waals surface area contributed by atoms with Gasteiger partial charge in [0.1, 0.15) is 6.61 Å².